The molecular formula is C12H17ClN2. The van der Waals surface area contributed by atoms with Gasteiger partial charge in [-0.2, -0.15) is 0 Å². The molecule has 3 heteroatoms. The number of benzene rings is 1. The summed E-state index contributed by atoms with van der Waals surface area (Å²) in [7, 11) is 0. The Hall–Kier alpha value is -0.890. The van der Waals surface area contributed by atoms with Crippen LogP contribution in [-0.2, 0) is 0 Å². The molecule has 82 valence electrons. The smallest absolute Gasteiger partial charge is 0.0657 e. The molecule has 0 aliphatic heterocycles. The predicted molar refractivity (Wildman–Crippen MR) is 66.2 cm³/mol. The van der Waals surface area contributed by atoms with Crippen LogP contribution < -0.4 is 11.1 Å². The van der Waals surface area contributed by atoms with Gasteiger partial charge in [0.05, 0.1) is 10.7 Å². The largest absolute Gasteiger partial charge is 0.399 e. The fourth-order valence-electron chi connectivity index (χ4n) is 1.83. The van der Waals surface area contributed by atoms with Crippen LogP contribution in [-0.4, -0.2) is 6.54 Å². The van der Waals surface area contributed by atoms with Crippen molar-refractivity contribution in [3.05, 3.63) is 23.2 Å². The monoisotopic (exact) mass is 224 g/mol. The van der Waals surface area contributed by atoms with Crippen molar-refractivity contribution >= 4 is 23.0 Å². The van der Waals surface area contributed by atoms with E-state index in [0.29, 0.717) is 16.1 Å². The molecule has 0 spiro atoms. The molecule has 1 aliphatic carbocycles. The molecule has 2 rings (SSSR count). The van der Waals surface area contributed by atoms with E-state index >= 15 is 0 Å². The quantitative estimate of drug-likeness (QED) is 0.773. The van der Waals surface area contributed by atoms with E-state index in [1.54, 1.807) is 6.07 Å². The van der Waals surface area contributed by atoms with Crippen molar-refractivity contribution in [3.63, 3.8) is 0 Å². The lowest BCUT2D eigenvalue weighted by atomic mass is 10.1. The first-order valence-corrected chi connectivity index (χ1v) is 5.66. The number of hydrogen-bond acceptors (Lipinski definition) is 2. The molecule has 3 N–H and O–H groups in total. The van der Waals surface area contributed by atoms with Crippen molar-refractivity contribution in [3.8, 4) is 0 Å². The molecule has 0 amide bonds. The molecule has 1 atom stereocenters. The van der Waals surface area contributed by atoms with Crippen LogP contribution in [0.1, 0.15) is 20.3 Å². The lowest BCUT2D eigenvalue weighted by Crippen LogP contribution is -2.07. The van der Waals surface area contributed by atoms with Crippen LogP contribution in [0.15, 0.2) is 18.2 Å². The third-order valence-electron chi connectivity index (χ3n) is 3.25. The minimum absolute atomic E-state index is 0.507. The van der Waals surface area contributed by atoms with Crippen LogP contribution in [0.5, 0.6) is 0 Å². The van der Waals surface area contributed by atoms with E-state index in [-0.39, 0.29) is 0 Å². The molecule has 0 heterocycles. The Labute approximate surface area is 95.8 Å². The Morgan fingerprint density at radius 3 is 2.73 bits per heavy atom. The summed E-state index contributed by atoms with van der Waals surface area (Å²) in [6, 6.07) is 5.58. The topological polar surface area (TPSA) is 38.0 Å². The second-order valence-corrected chi connectivity index (χ2v) is 5.42. The number of hydrogen-bond donors (Lipinski definition) is 2. The third kappa shape index (κ3) is 2.37. The van der Waals surface area contributed by atoms with Gasteiger partial charge in [-0.1, -0.05) is 25.4 Å². The first-order valence-electron chi connectivity index (χ1n) is 5.28. The SMILES string of the molecule is CC1(C)CC1CNc1ccc(N)cc1Cl. The highest BCUT2D eigenvalue weighted by molar-refractivity contribution is 6.33. The highest BCUT2D eigenvalue weighted by atomic mass is 35.5. The van der Waals surface area contributed by atoms with Gasteiger partial charge in [-0.3, -0.25) is 0 Å². The van der Waals surface area contributed by atoms with Crippen molar-refractivity contribution in [2.45, 2.75) is 20.3 Å². The van der Waals surface area contributed by atoms with E-state index in [1.807, 2.05) is 12.1 Å². The summed E-state index contributed by atoms with van der Waals surface area (Å²) in [5.41, 5.74) is 7.82. The van der Waals surface area contributed by atoms with Crippen LogP contribution in [0.2, 0.25) is 5.02 Å². The van der Waals surface area contributed by atoms with Crippen LogP contribution >= 0.6 is 11.6 Å². The van der Waals surface area contributed by atoms with Gasteiger partial charge in [0.1, 0.15) is 0 Å². The number of nitrogens with one attached hydrogen (secondary N) is 1. The van der Waals surface area contributed by atoms with E-state index < -0.39 is 0 Å². The van der Waals surface area contributed by atoms with Gasteiger partial charge in [-0.15, -0.1) is 0 Å². The second kappa shape index (κ2) is 3.60. The maximum atomic E-state index is 6.06. The van der Waals surface area contributed by atoms with Crippen LogP contribution in [0.4, 0.5) is 11.4 Å². The summed E-state index contributed by atoms with van der Waals surface area (Å²) in [5, 5.41) is 4.07. The van der Waals surface area contributed by atoms with E-state index in [0.717, 1.165) is 18.2 Å². The number of nitrogens with two attached hydrogens (primary N) is 1. The Morgan fingerprint density at radius 2 is 2.20 bits per heavy atom. The van der Waals surface area contributed by atoms with Gasteiger partial charge in [0, 0.05) is 12.2 Å². The van der Waals surface area contributed by atoms with Gasteiger partial charge in [-0.25, -0.2) is 0 Å². The molecule has 0 saturated heterocycles. The summed E-state index contributed by atoms with van der Waals surface area (Å²) in [6.07, 6.45) is 1.30. The van der Waals surface area contributed by atoms with Gasteiger partial charge >= 0.3 is 0 Å². The Kier molecular flexibility index (Phi) is 2.55. The number of halogens is 1. The van der Waals surface area contributed by atoms with Crippen molar-refractivity contribution in [2.75, 3.05) is 17.6 Å². The molecule has 1 aromatic carbocycles. The summed E-state index contributed by atoms with van der Waals surface area (Å²) < 4.78 is 0. The van der Waals surface area contributed by atoms with Gasteiger partial charge < -0.3 is 11.1 Å². The fraction of sp³-hybridized carbons (Fsp3) is 0.500. The molecule has 1 aromatic rings. The molecule has 15 heavy (non-hydrogen) atoms. The second-order valence-electron chi connectivity index (χ2n) is 5.01. The maximum absolute atomic E-state index is 6.06. The fourth-order valence-corrected chi connectivity index (χ4v) is 2.09. The first-order chi connectivity index (χ1) is 6.99. The standard InChI is InChI=1S/C12H17ClN2/c1-12(2)6-8(12)7-15-11-4-3-9(14)5-10(11)13/h3-5,8,15H,6-7,14H2,1-2H3. The van der Waals surface area contributed by atoms with Gasteiger partial charge in [0.15, 0.2) is 0 Å². The molecule has 0 radical (unpaired) electrons. The molecule has 1 fully saturated rings. The minimum atomic E-state index is 0.507. The number of anilines is 2. The normalized spacial score (nSPS) is 22.5. The summed E-state index contributed by atoms with van der Waals surface area (Å²) in [4.78, 5) is 0. The zero-order valence-electron chi connectivity index (χ0n) is 9.18. The van der Waals surface area contributed by atoms with Crippen molar-refractivity contribution in [1.82, 2.24) is 0 Å². The minimum Gasteiger partial charge on any atom is -0.399 e. The summed E-state index contributed by atoms with van der Waals surface area (Å²) in [6.45, 7) is 5.59. The van der Waals surface area contributed by atoms with Crippen LogP contribution in [0.3, 0.4) is 0 Å². The Balaban J connectivity index is 1.94. The molecule has 1 unspecified atom stereocenters. The molecule has 1 saturated carbocycles. The molecule has 0 bridgehead atoms. The molecule has 1 aliphatic rings. The summed E-state index contributed by atoms with van der Waals surface area (Å²) >= 11 is 6.06. The Bertz CT molecular complexity index is 374. The highest BCUT2D eigenvalue weighted by Crippen LogP contribution is 2.51. The van der Waals surface area contributed by atoms with E-state index in [1.165, 1.54) is 6.42 Å². The number of rotatable bonds is 3. The average molecular weight is 225 g/mol. The zero-order valence-corrected chi connectivity index (χ0v) is 9.93. The van der Waals surface area contributed by atoms with Gasteiger partial charge in [0.2, 0.25) is 0 Å². The van der Waals surface area contributed by atoms with Crippen molar-refractivity contribution in [1.29, 1.82) is 0 Å². The maximum Gasteiger partial charge on any atom is 0.0657 e. The highest BCUT2D eigenvalue weighted by Gasteiger charge is 2.44. The van der Waals surface area contributed by atoms with Crippen molar-refractivity contribution < 1.29 is 0 Å². The number of nitrogen functional groups attached to an aromatic ring is 1. The molecule has 0 aromatic heterocycles. The van der Waals surface area contributed by atoms with E-state index in [4.69, 9.17) is 17.3 Å². The predicted octanol–water partition coefficient (Wildman–Crippen LogP) is 3.38. The third-order valence-corrected chi connectivity index (χ3v) is 3.56. The molecular weight excluding hydrogens is 208 g/mol. The van der Waals surface area contributed by atoms with Gasteiger partial charge in [0.25, 0.3) is 0 Å². The van der Waals surface area contributed by atoms with Crippen LogP contribution in [0.25, 0.3) is 0 Å². The Morgan fingerprint density at radius 1 is 1.53 bits per heavy atom. The summed E-state index contributed by atoms with van der Waals surface area (Å²) in [5.74, 6) is 0.770. The zero-order chi connectivity index (χ0) is 11.1. The van der Waals surface area contributed by atoms with Crippen molar-refractivity contribution in [2.24, 2.45) is 11.3 Å². The average Bonchev–Trinajstić information content (AvgIpc) is 2.73. The van der Waals surface area contributed by atoms with Gasteiger partial charge in [-0.05, 0) is 36.0 Å². The van der Waals surface area contributed by atoms with E-state index in [9.17, 15) is 0 Å². The molecule has 2 nitrogen and oxygen atoms in total. The lowest BCUT2D eigenvalue weighted by molar-refractivity contribution is 0.573. The lowest BCUT2D eigenvalue weighted by Gasteiger charge is -2.09. The van der Waals surface area contributed by atoms with E-state index in [2.05, 4.69) is 19.2 Å². The van der Waals surface area contributed by atoms with Crippen LogP contribution in [0, 0.1) is 11.3 Å². The first kappa shape index (κ1) is 10.6.